The quantitative estimate of drug-likeness (QED) is 0.444. The largest absolute Gasteiger partial charge is 0.741 e. The summed E-state index contributed by atoms with van der Waals surface area (Å²) < 4.78 is 93.1. The lowest BCUT2D eigenvalue weighted by Gasteiger charge is -2.08. The predicted octanol–water partition coefficient (Wildman–Crippen LogP) is 1.28. The lowest BCUT2D eigenvalue weighted by Crippen LogP contribution is -2.33. The SMILES string of the molecule is CCn1c[n+](CCCS(=O)(=O)O)c2ccccc21.O=S(=O)([O-])C(F)(F)F. The standard InChI is InChI=1S/C12H16N2O3S.CHF3O3S/c1-2-13-10-14(8-5-9-18(15,16)17)12-7-4-3-6-11(12)13;2-1(3,4)8(5,6)7/h3-4,6-7,10H,2,5,8-9H2,1H3;(H,5,6,7). The van der Waals surface area contributed by atoms with E-state index < -0.39 is 25.7 Å². The first kappa shape index (κ1) is 22.3. The molecule has 2 aromatic rings. The molecule has 1 N–H and O–H groups in total. The smallest absolute Gasteiger partial charge is 0.485 e. The third-order valence-electron chi connectivity index (χ3n) is 3.20. The summed E-state index contributed by atoms with van der Waals surface area (Å²) in [6.45, 7) is 3.51. The number of aromatic nitrogens is 2. The number of hydrogen-bond donors (Lipinski definition) is 1. The second-order valence-electron chi connectivity index (χ2n) is 5.12. The second-order valence-corrected chi connectivity index (χ2v) is 8.07. The van der Waals surface area contributed by atoms with Crippen LogP contribution in [0, 0.1) is 0 Å². The highest BCUT2D eigenvalue weighted by atomic mass is 32.2. The van der Waals surface area contributed by atoms with Gasteiger partial charge in [0.1, 0.15) is 0 Å². The summed E-state index contributed by atoms with van der Waals surface area (Å²) in [5.74, 6) is -0.203. The van der Waals surface area contributed by atoms with Crippen molar-refractivity contribution in [3.8, 4) is 0 Å². The first-order valence-corrected chi connectivity index (χ1v) is 10.2. The van der Waals surface area contributed by atoms with Gasteiger partial charge in [0, 0.05) is 6.42 Å². The van der Waals surface area contributed by atoms with Crippen LogP contribution in [0.25, 0.3) is 11.0 Å². The fourth-order valence-electron chi connectivity index (χ4n) is 2.09. The fraction of sp³-hybridized carbons (Fsp3) is 0.462. The molecule has 0 aliphatic rings. The normalized spacial score (nSPS) is 12.7. The Kier molecular flexibility index (Phi) is 7.16. The van der Waals surface area contributed by atoms with Gasteiger partial charge in [-0.25, -0.2) is 17.6 Å². The molecule has 0 spiro atoms. The lowest BCUT2D eigenvalue weighted by molar-refractivity contribution is -0.672. The summed E-state index contributed by atoms with van der Waals surface area (Å²) in [7, 11) is -9.96. The first-order chi connectivity index (χ1) is 11.8. The molecule has 1 aromatic carbocycles. The molecule has 0 aliphatic carbocycles. The highest BCUT2D eigenvalue weighted by Crippen LogP contribution is 2.20. The molecule has 0 aliphatic heterocycles. The highest BCUT2D eigenvalue weighted by molar-refractivity contribution is 7.86. The zero-order chi connectivity index (χ0) is 20.2. The number of rotatable bonds is 5. The predicted molar refractivity (Wildman–Crippen MR) is 84.6 cm³/mol. The van der Waals surface area contributed by atoms with Gasteiger partial charge in [-0.15, -0.1) is 0 Å². The van der Waals surface area contributed by atoms with E-state index in [-0.39, 0.29) is 5.75 Å². The molecule has 2 rings (SSSR count). The van der Waals surface area contributed by atoms with Crippen molar-refractivity contribution >= 4 is 31.3 Å². The Labute approximate surface area is 148 Å². The molecule has 0 radical (unpaired) electrons. The van der Waals surface area contributed by atoms with Crippen LogP contribution in [0.5, 0.6) is 0 Å². The fourth-order valence-corrected chi connectivity index (χ4v) is 2.58. The van der Waals surface area contributed by atoms with Gasteiger partial charge in [-0.2, -0.15) is 21.6 Å². The lowest BCUT2D eigenvalue weighted by atomic mass is 10.3. The molecular formula is C13H17F3N2O6S2. The van der Waals surface area contributed by atoms with Gasteiger partial charge in [-0.05, 0) is 19.1 Å². The van der Waals surface area contributed by atoms with E-state index >= 15 is 0 Å². The van der Waals surface area contributed by atoms with Crippen LogP contribution in [-0.4, -0.2) is 41.8 Å². The van der Waals surface area contributed by atoms with Gasteiger partial charge in [0.2, 0.25) is 6.33 Å². The summed E-state index contributed by atoms with van der Waals surface area (Å²) in [5.41, 5.74) is -3.44. The summed E-state index contributed by atoms with van der Waals surface area (Å²) >= 11 is 0. The number of hydrogen-bond acceptors (Lipinski definition) is 5. The molecule has 148 valence electrons. The van der Waals surface area contributed by atoms with Crippen molar-refractivity contribution in [2.24, 2.45) is 0 Å². The molecule has 1 aromatic heterocycles. The van der Waals surface area contributed by atoms with Crippen LogP contribution in [0.15, 0.2) is 30.6 Å². The number of fused-ring (bicyclic) bond motifs is 1. The van der Waals surface area contributed by atoms with Gasteiger partial charge in [0.05, 0.1) is 18.8 Å². The topological polar surface area (TPSA) is 120 Å². The van der Waals surface area contributed by atoms with Crippen molar-refractivity contribution in [1.29, 1.82) is 0 Å². The van der Waals surface area contributed by atoms with Gasteiger partial charge >= 0.3 is 5.51 Å². The molecular weight excluding hydrogens is 401 g/mol. The Hall–Kier alpha value is -1.70. The molecule has 8 nitrogen and oxygen atoms in total. The number of para-hydroxylation sites is 2. The molecule has 0 bridgehead atoms. The van der Waals surface area contributed by atoms with Gasteiger partial charge in [0.25, 0.3) is 10.1 Å². The molecule has 0 amide bonds. The van der Waals surface area contributed by atoms with Crippen LogP contribution < -0.4 is 4.57 Å². The number of alkyl halides is 3. The number of halogens is 3. The Morgan fingerprint density at radius 1 is 1.19 bits per heavy atom. The van der Waals surface area contributed by atoms with E-state index in [1.165, 1.54) is 0 Å². The Bertz CT molecular complexity index is 952. The Morgan fingerprint density at radius 2 is 1.73 bits per heavy atom. The maximum Gasteiger partial charge on any atom is 0.485 e. The average molecular weight is 418 g/mol. The average Bonchev–Trinajstić information content (AvgIpc) is 2.83. The molecule has 0 atom stereocenters. The first-order valence-electron chi connectivity index (χ1n) is 7.21. The summed E-state index contributed by atoms with van der Waals surface area (Å²) in [6.07, 6.45) is 2.38. The van der Waals surface area contributed by atoms with E-state index in [2.05, 4.69) is 11.5 Å². The zero-order valence-electron chi connectivity index (χ0n) is 13.5. The Balaban J connectivity index is 0.000000359. The minimum absolute atomic E-state index is 0.203. The Morgan fingerprint density at radius 3 is 2.19 bits per heavy atom. The molecule has 0 saturated carbocycles. The number of aryl methyl sites for hydroxylation is 2. The number of nitrogens with zero attached hydrogens (tertiary/aromatic N) is 2. The van der Waals surface area contributed by atoms with Crippen LogP contribution in [0.3, 0.4) is 0 Å². The van der Waals surface area contributed by atoms with E-state index in [1.807, 2.05) is 35.2 Å². The third-order valence-corrected chi connectivity index (χ3v) is 4.58. The van der Waals surface area contributed by atoms with E-state index in [1.54, 1.807) is 0 Å². The third kappa shape index (κ3) is 6.55. The highest BCUT2D eigenvalue weighted by Gasteiger charge is 2.36. The van der Waals surface area contributed by atoms with Crippen molar-refractivity contribution in [2.75, 3.05) is 5.75 Å². The maximum absolute atomic E-state index is 10.7. The molecule has 13 heteroatoms. The van der Waals surface area contributed by atoms with E-state index in [0.717, 1.165) is 17.6 Å². The molecule has 1 heterocycles. The minimum Gasteiger partial charge on any atom is -0.741 e. The van der Waals surface area contributed by atoms with Crippen molar-refractivity contribution in [2.45, 2.75) is 31.9 Å². The van der Waals surface area contributed by atoms with Gasteiger partial charge < -0.3 is 4.55 Å². The van der Waals surface area contributed by atoms with Crippen LogP contribution in [0.1, 0.15) is 13.3 Å². The second kappa shape index (κ2) is 8.33. The van der Waals surface area contributed by atoms with Crippen LogP contribution in [0.2, 0.25) is 0 Å². The monoisotopic (exact) mass is 418 g/mol. The number of benzene rings is 1. The zero-order valence-corrected chi connectivity index (χ0v) is 15.2. The van der Waals surface area contributed by atoms with Crippen LogP contribution in [-0.2, 0) is 33.3 Å². The summed E-state index contributed by atoms with van der Waals surface area (Å²) in [4.78, 5) is 0. The van der Waals surface area contributed by atoms with Crippen LogP contribution in [0.4, 0.5) is 13.2 Å². The van der Waals surface area contributed by atoms with Crippen molar-refractivity contribution in [3.05, 3.63) is 30.6 Å². The van der Waals surface area contributed by atoms with Gasteiger partial charge in [-0.1, -0.05) is 12.1 Å². The van der Waals surface area contributed by atoms with Crippen molar-refractivity contribution < 1.29 is 43.7 Å². The molecule has 0 unspecified atom stereocenters. The molecule has 0 saturated heterocycles. The maximum atomic E-state index is 10.7. The molecule has 26 heavy (non-hydrogen) atoms. The minimum atomic E-state index is -6.09. The van der Waals surface area contributed by atoms with E-state index in [4.69, 9.17) is 17.5 Å². The van der Waals surface area contributed by atoms with Crippen LogP contribution >= 0.6 is 0 Å². The summed E-state index contributed by atoms with van der Waals surface area (Å²) in [5, 5.41) is 0. The van der Waals surface area contributed by atoms with Gasteiger partial charge in [0.15, 0.2) is 21.2 Å². The van der Waals surface area contributed by atoms with Crippen molar-refractivity contribution in [1.82, 2.24) is 4.57 Å². The number of imidazole rings is 1. The van der Waals surface area contributed by atoms with E-state index in [9.17, 15) is 21.6 Å². The van der Waals surface area contributed by atoms with Gasteiger partial charge in [-0.3, -0.25) is 4.55 Å². The molecule has 0 fully saturated rings. The van der Waals surface area contributed by atoms with Crippen molar-refractivity contribution in [3.63, 3.8) is 0 Å². The van der Waals surface area contributed by atoms with E-state index in [0.29, 0.717) is 13.0 Å². The summed E-state index contributed by atoms with van der Waals surface area (Å²) in [6, 6.07) is 7.99.